The van der Waals surface area contributed by atoms with Gasteiger partial charge in [0.15, 0.2) is 0 Å². The first-order valence-corrected chi connectivity index (χ1v) is 11.6. The van der Waals surface area contributed by atoms with Gasteiger partial charge in [-0.3, -0.25) is 14.5 Å². The largest absolute Gasteiger partial charge is 0.340 e. The molecule has 2 fully saturated rings. The standard InChI is InChI=1S/C20H30N4O4S/c1-16(22-12-14-23(15-13-22)17(2)25)20(26)21-18-6-8-19(9-7-18)29(27,28)24-10-4-3-5-11-24/h6-9,16H,3-5,10-15H2,1-2H3,(H,21,26). The van der Waals surface area contributed by atoms with Crippen molar-refractivity contribution in [2.75, 3.05) is 44.6 Å². The topological polar surface area (TPSA) is 90.0 Å². The molecule has 2 heterocycles. The van der Waals surface area contributed by atoms with Crippen molar-refractivity contribution >= 4 is 27.5 Å². The van der Waals surface area contributed by atoms with Crippen molar-refractivity contribution in [3.8, 4) is 0 Å². The molecule has 2 aliphatic heterocycles. The maximum Gasteiger partial charge on any atom is 0.243 e. The predicted octanol–water partition coefficient (Wildman–Crippen LogP) is 1.35. The Morgan fingerprint density at radius 3 is 2.07 bits per heavy atom. The number of nitrogens with one attached hydrogen (secondary N) is 1. The maximum atomic E-state index is 12.7. The van der Waals surface area contributed by atoms with E-state index in [1.54, 1.807) is 36.1 Å². The van der Waals surface area contributed by atoms with E-state index < -0.39 is 10.0 Å². The van der Waals surface area contributed by atoms with Crippen LogP contribution in [-0.2, 0) is 19.6 Å². The zero-order valence-corrected chi connectivity index (χ0v) is 18.0. The monoisotopic (exact) mass is 422 g/mol. The summed E-state index contributed by atoms with van der Waals surface area (Å²) in [4.78, 5) is 28.1. The average Bonchev–Trinajstić information content (AvgIpc) is 2.74. The van der Waals surface area contributed by atoms with Crippen LogP contribution in [0.1, 0.15) is 33.1 Å². The van der Waals surface area contributed by atoms with Crippen molar-refractivity contribution in [2.24, 2.45) is 0 Å². The Morgan fingerprint density at radius 2 is 1.52 bits per heavy atom. The van der Waals surface area contributed by atoms with Gasteiger partial charge >= 0.3 is 0 Å². The van der Waals surface area contributed by atoms with Gasteiger partial charge < -0.3 is 10.2 Å². The molecule has 2 saturated heterocycles. The summed E-state index contributed by atoms with van der Waals surface area (Å²) in [6, 6.07) is 6.04. The number of amides is 2. The number of piperidine rings is 1. The molecule has 0 radical (unpaired) electrons. The SMILES string of the molecule is CC(=O)N1CCN(C(C)C(=O)Nc2ccc(S(=O)(=O)N3CCCCC3)cc2)CC1. The Labute approximate surface area is 172 Å². The van der Waals surface area contributed by atoms with Crippen LogP contribution >= 0.6 is 0 Å². The third-order valence-electron chi connectivity index (χ3n) is 5.76. The van der Waals surface area contributed by atoms with E-state index in [2.05, 4.69) is 5.32 Å². The summed E-state index contributed by atoms with van der Waals surface area (Å²) < 4.78 is 27.0. The Morgan fingerprint density at radius 1 is 0.931 bits per heavy atom. The third-order valence-corrected chi connectivity index (χ3v) is 7.67. The van der Waals surface area contributed by atoms with E-state index in [1.165, 1.54) is 4.31 Å². The first-order valence-electron chi connectivity index (χ1n) is 10.2. The minimum absolute atomic E-state index is 0.0568. The molecule has 1 unspecified atom stereocenters. The Balaban J connectivity index is 1.58. The fraction of sp³-hybridized carbons (Fsp3) is 0.600. The van der Waals surface area contributed by atoms with Crippen molar-refractivity contribution in [1.29, 1.82) is 0 Å². The highest BCUT2D eigenvalue weighted by atomic mass is 32.2. The van der Waals surface area contributed by atoms with E-state index in [1.807, 2.05) is 11.8 Å². The highest BCUT2D eigenvalue weighted by Crippen LogP contribution is 2.22. The highest BCUT2D eigenvalue weighted by molar-refractivity contribution is 7.89. The first kappa shape index (κ1) is 21.7. The molecule has 0 aromatic heterocycles. The molecule has 1 aromatic rings. The number of anilines is 1. The molecule has 1 atom stereocenters. The number of hydrogen-bond acceptors (Lipinski definition) is 5. The molecule has 0 spiro atoms. The molecule has 1 N–H and O–H groups in total. The predicted molar refractivity (Wildman–Crippen MR) is 111 cm³/mol. The van der Waals surface area contributed by atoms with Gasteiger partial charge in [0.05, 0.1) is 10.9 Å². The van der Waals surface area contributed by atoms with Gasteiger partial charge in [0.1, 0.15) is 0 Å². The molecule has 0 aliphatic carbocycles. The van der Waals surface area contributed by atoms with Crippen molar-refractivity contribution in [2.45, 2.75) is 44.0 Å². The fourth-order valence-corrected chi connectivity index (χ4v) is 5.32. The maximum absolute atomic E-state index is 12.7. The van der Waals surface area contributed by atoms with Crippen LogP contribution in [0, 0.1) is 0 Å². The zero-order chi connectivity index (χ0) is 21.0. The second-order valence-electron chi connectivity index (χ2n) is 7.70. The van der Waals surface area contributed by atoms with Crippen molar-refractivity contribution < 1.29 is 18.0 Å². The van der Waals surface area contributed by atoms with Crippen LogP contribution in [0.4, 0.5) is 5.69 Å². The lowest BCUT2D eigenvalue weighted by atomic mass is 10.2. The van der Waals surface area contributed by atoms with Gasteiger partial charge in [-0.05, 0) is 44.0 Å². The number of piperazine rings is 1. The highest BCUT2D eigenvalue weighted by Gasteiger charge is 2.27. The van der Waals surface area contributed by atoms with E-state index in [-0.39, 0.29) is 22.8 Å². The van der Waals surface area contributed by atoms with Crippen LogP contribution in [-0.4, -0.2) is 79.6 Å². The lowest BCUT2D eigenvalue weighted by molar-refractivity contribution is -0.131. The summed E-state index contributed by atoms with van der Waals surface area (Å²) in [7, 11) is -3.47. The lowest BCUT2D eigenvalue weighted by Crippen LogP contribution is -2.53. The minimum atomic E-state index is -3.47. The third kappa shape index (κ3) is 5.15. The van der Waals surface area contributed by atoms with Crippen LogP contribution in [0.5, 0.6) is 0 Å². The van der Waals surface area contributed by atoms with Gasteiger partial charge in [-0.2, -0.15) is 4.31 Å². The smallest absolute Gasteiger partial charge is 0.243 e. The summed E-state index contributed by atoms with van der Waals surface area (Å²) in [6.07, 6.45) is 2.86. The molecule has 1 aromatic carbocycles. The Hall–Kier alpha value is -1.97. The summed E-state index contributed by atoms with van der Waals surface area (Å²) in [5, 5.41) is 2.86. The summed E-state index contributed by atoms with van der Waals surface area (Å²) in [6.45, 7) is 7.08. The average molecular weight is 423 g/mol. The molecule has 9 heteroatoms. The number of carbonyl (C=O) groups is 2. The van der Waals surface area contributed by atoms with Crippen LogP contribution in [0.25, 0.3) is 0 Å². The number of hydrogen-bond donors (Lipinski definition) is 1. The van der Waals surface area contributed by atoms with E-state index >= 15 is 0 Å². The van der Waals surface area contributed by atoms with E-state index in [0.29, 0.717) is 45.0 Å². The molecule has 2 amide bonds. The van der Waals surface area contributed by atoms with Gasteiger partial charge in [-0.25, -0.2) is 8.42 Å². The number of benzene rings is 1. The van der Waals surface area contributed by atoms with E-state index in [0.717, 1.165) is 19.3 Å². The van der Waals surface area contributed by atoms with Gasteiger partial charge in [-0.15, -0.1) is 0 Å². The molecule has 29 heavy (non-hydrogen) atoms. The normalized spacial score (nSPS) is 20.3. The van der Waals surface area contributed by atoms with Crippen molar-refractivity contribution in [3.63, 3.8) is 0 Å². The molecular weight excluding hydrogens is 392 g/mol. The Bertz CT molecular complexity index is 827. The minimum Gasteiger partial charge on any atom is -0.340 e. The quantitative estimate of drug-likeness (QED) is 0.774. The second kappa shape index (κ2) is 9.23. The van der Waals surface area contributed by atoms with Crippen molar-refractivity contribution in [3.05, 3.63) is 24.3 Å². The molecule has 0 saturated carbocycles. The number of carbonyl (C=O) groups excluding carboxylic acids is 2. The molecule has 0 bridgehead atoms. The second-order valence-corrected chi connectivity index (χ2v) is 9.63. The lowest BCUT2D eigenvalue weighted by Gasteiger charge is -2.37. The van der Waals surface area contributed by atoms with Gasteiger partial charge in [-0.1, -0.05) is 6.42 Å². The van der Waals surface area contributed by atoms with Crippen molar-refractivity contribution in [1.82, 2.24) is 14.1 Å². The number of sulfonamides is 1. The van der Waals surface area contributed by atoms with Crippen LogP contribution in [0.15, 0.2) is 29.2 Å². The summed E-state index contributed by atoms with van der Waals surface area (Å²) in [5.41, 5.74) is 0.571. The fourth-order valence-electron chi connectivity index (χ4n) is 3.80. The molecule has 8 nitrogen and oxygen atoms in total. The first-order chi connectivity index (χ1) is 13.8. The van der Waals surface area contributed by atoms with Gasteiger partial charge in [0.2, 0.25) is 21.8 Å². The van der Waals surface area contributed by atoms with Gasteiger partial charge in [0, 0.05) is 51.9 Å². The summed E-state index contributed by atoms with van der Waals surface area (Å²) >= 11 is 0. The molecule has 2 aliphatic rings. The van der Waals surface area contributed by atoms with Crippen LogP contribution < -0.4 is 5.32 Å². The van der Waals surface area contributed by atoms with Crippen LogP contribution in [0.3, 0.4) is 0 Å². The zero-order valence-electron chi connectivity index (χ0n) is 17.1. The molecule has 3 rings (SSSR count). The van der Waals surface area contributed by atoms with Crippen LogP contribution in [0.2, 0.25) is 0 Å². The Kier molecular flexibility index (Phi) is 6.92. The number of nitrogens with zero attached hydrogens (tertiary/aromatic N) is 3. The van der Waals surface area contributed by atoms with Gasteiger partial charge in [0.25, 0.3) is 0 Å². The number of rotatable bonds is 5. The van der Waals surface area contributed by atoms with E-state index in [4.69, 9.17) is 0 Å². The summed E-state index contributed by atoms with van der Waals surface area (Å²) in [5.74, 6) is -0.0886. The molecular formula is C20H30N4O4S. The van der Waals surface area contributed by atoms with E-state index in [9.17, 15) is 18.0 Å². The molecule has 160 valence electrons.